The van der Waals surface area contributed by atoms with E-state index in [1.54, 1.807) is 12.1 Å². The first-order valence-corrected chi connectivity index (χ1v) is 6.09. The van der Waals surface area contributed by atoms with Crippen molar-refractivity contribution in [2.75, 3.05) is 7.11 Å². The number of halogens is 2. The number of aryl methyl sites for hydroxylation is 1. The van der Waals surface area contributed by atoms with Crippen LogP contribution in [0.4, 0.5) is 8.78 Å². The van der Waals surface area contributed by atoms with Gasteiger partial charge in [-0.15, -0.1) is 0 Å². The Balaban J connectivity index is 2.56. The Morgan fingerprint density at radius 2 is 1.65 bits per heavy atom. The number of carbonyl (C=O) groups excluding carboxylic acids is 1. The Morgan fingerprint density at radius 1 is 1.05 bits per heavy atom. The van der Waals surface area contributed by atoms with Crippen LogP contribution in [0.25, 0.3) is 0 Å². The zero-order chi connectivity index (χ0) is 14.9. The monoisotopic (exact) mass is 276 g/mol. The summed E-state index contributed by atoms with van der Waals surface area (Å²) in [6.07, 6.45) is 0. The summed E-state index contributed by atoms with van der Waals surface area (Å²) in [5, 5.41) is 0. The van der Waals surface area contributed by atoms with Gasteiger partial charge in [0.2, 0.25) is 0 Å². The van der Waals surface area contributed by atoms with Crippen LogP contribution in [-0.2, 0) is 0 Å². The van der Waals surface area contributed by atoms with Gasteiger partial charge in [0.1, 0.15) is 17.4 Å². The first-order chi connectivity index (χ1) is 9.43. The second-order valence-electron chi connectivity index (χ2n) is 4.58. The predicted octanol–water partition coefficient (Wildman–Crippen LogP) is 3.82. The van der Waals surface area contributed by atoms with Crippen LogP contribution in [0.1, 0.15) is 27.0 Å². The largest absolute Gasteiger partial charge is 0.496 e. The maximum atomic E-state index is 13.2. The molecule has 4 heteroatoms. The van der Waals surface area contributed by atoms with E-state index in [-0.39, 0.29) is 5.56 Å². The normalized spacial score (nSPS) is 10.4. The van der Waals surface area contributed by atoms with Crippen molar-refractivity contribution in [2.24, 2.45) is 0 Å². The van der Waals surface area contributed by atoms with Gasteiger partial charge in [0.25, 0.3) is 0 Å². The third-order valence-corrected chi connectivity index (χ3v) is 3.25. The van der Waals surface area contributed by atoms with Gasteiger partial charge in [-0.3, -0.25) is 4.79 Å². The highest BCUT2D eigenvalue weighted by Gasteiger charge is 2.18. The number of ether oxygens (including phenoxy) is 1. The number of hydrogen-bond donors (Lipinski definition) is 0. The fourth-order valence-electron chi connectivity index (χ4n) is 2.07. The van der Waals surface area contributed by atoms with E-state index in [0.29, 0.717) is 11.3 Å². The van der Waals surface area contributed by atoms with Crippen molar-refractivity contribution in [3.05, 3.63) is 64.2 Å². The zero-order valence-electron chi connectivity index (χ0n) is 11.5. The SMILES string of the molecule is COc1c(C(=O)c2cc(F)cc(F)c2)ccc(C)c1C. The minimum absolute atomic E-state index is 0.0379. The molecule has 104 valence electrons. The Hall–Kier alpha value is -2.23. The van der Waals surface area contributed by atoms with Gasteiger partial charge in [-0.05, 0) is 43.2 Å². The van der Waals surface area contributed by atoms with Gasteiger partial charge < -0.3 is 4.74 Å². The third kappa shape index (κ3) is 2.54. The lowest BCUT2D eigenvalue weighted by molar-refractivity contribution is 0.103. The molecule has 20 heavy (non-hydrogen) atoms. The average Bonchev–Trinajstić information content (AvgIpc) is 2.39. The summed E-state index contributed by atoms with van der Waals surface area (Å²) < 4.78 is 31.7. The van der Waals surface area contributed by atoms with E-state index in [9.17, 15) is 13.6 Å². The Labute approximate surface area is 116 Å². The molecule has 2 rings (SSSR count). The number of hydrogen-bond acceptors (Lipinski definition) is 2. The van der Waals surface area contributed by atoms with Crippen LogP contribution in [0.2, 0.25) is 0 Å². The van der Waals surface area contributed by atoms with Crippen LogP contribution >= 0.6 is 0 Å². The molecule has 0 heterocycles. The molecule has 0 aliphatic carbocycles. The number of methoxy groups -OCH3 is 1. The topological polar surface area (TPSA) is 26.3 Å². The second-order valence-corrected chi connectivity index (χ2v) is 4.58. The lowest BCUT2D eigenvalue weighted by atomic mass is 9.97. The van der Waals surface area contributed by atoms with Crippen molar-refractivity contribution in [2.45, 2.75) is 13.8 Å². The van der Waals surface area contributed by atoms with Crippen LogP contribution in [0.15, 0.2) is 30.3 Å². The Bertz CT molecular complexity index is 658. The van der Waals surface area contributed by atoms with E-state index in [1.807, 2.05) is 13.8 Å². The average molecular weight is 276 g/mol. The van der Waals surface area contributed by atoms with Crippen molar-refractivity contribution in [3.63, 3.8) is 0 Å². The van der Waals surface area contributed by atoms with Crippen LogP contribution < -0.4 is 4.74 Å². The lowest BCUT2D eigenvalue weighted by Gasteiger charge is -2.12. The summed E-state index contributed by atoms with van der Waals surface area (Å²) in [5.41, 5.74) is 2.06. The maximum Gasteiger partial charge on any atom is 0.196 e. The fourth-order valence-corrected chi connectivity index (χ4v) is 2.07. The van der Waals surface area contributed by atoms with Gasteiger partial charge in [-0.25, -0.2) is 8.78 Å². The quantitative estimate of drug-likeness (QED) is 0.797. The minimum atomic E-state index is -0.781. The van der Waals surface area contributed by atoms with E-state index in [1.165, 1.54) is 7.11 Å². The van der Waals surface area contributed by atoms with Gasteiger partial charge in [-0.1, -0.05) is 6.07 Å². The molecule has 0 N–H and O–H groups in total. The molecule has 0 amide bonds. The number of benzene rings is 2. The molecule has 0 spiro atoms. The molecule has 0 saturated heterocycles. The van der Waals surface area contributed by atoms with Crippen LogP contribution in [-0.4, -0.2) is 12.9 Å². The molecular weight excluding hydrogens is 262 g/mol. The van der Waals surface area contributed by atoms with Crippen LogP contribution in [0.5, 0.6) is 5.75 Å². The molecule has 0 fully saturated rings. The minimum Gasteiger partial charge on any atom is -0.496 e. The number of ketones is 1. The highest BCUT2D eigenvalue weighted by Crippen LogP contribution is 2.28. The molecule has 2 aromatic rings. The van der Waals surface area contributed by atoms with Crippen molar-refractivity contribution in [1.82, 2.24) is 0 Å². The lowest BCUT2D eigenvalue weighted by Crippen LogP contribution is -2.07. The van der Waals surface area contributed by atoms with Crippen molar-refractivity contribution >= 4 is 5.78 Å². The molecular formula is C16H14F2O2. The van der Waals surface area contributed by atoms with E-state index in [0.717, 1.165) is 29.3 Å². The van der Waals surface area contributed by atoms with Gasteiger partial charge >= 0.3 is 0 Å². The maximum absolute atomic E-state index is 13.2. The smallest absolute Gasteiger partial charge is 0.196 e. The van der Waals surface area contributed by atoms with Crippen LogP contribution in [0, 0.1) is 25.5 Å². The van der Waals surface area contributed by atoms with E-state index in [4.69, 9.17) is 4.74 Å². The van der Waals surface area contributed by atoms with Gasteiger partial charge in [0.05, 0.1) is 12.7 Å². The first kappa shape index (κ1) is 14.2. The molecule has 0 atom stereocenters. The molecule has 2 aromatic carbocycles. The number of rotatable bonds is 3. The third-order valence-electron chi connectivity index (χ3n) is 3.25. The molecule has 0 aliphatic rings. The summed E-state index contributed by atoms with van der Waals surface area (Å²) in [6.45, 7) is 3.73. The summed E-state index contributed by atoms with van der Waals surface area (Å²) in [5.74, 6) is -1.60. The summed E-state index contributed by atoms with van der Waals surface area (Å²) >= 11 is 0. The highest BCUT2D eigenvalue weighted by atomic mass is 19.1. The molecule has 0 bridgehead atoms. The molecule has 0 aliphatic heterocycles. The fraction of sp³-hybridized carbons (Fsp3) is 0.188. The van der Waals surface area contributed by atoms with Crippen molar-refractivity contribution in [1.29, 1.82) is 0 Å². The van der Waals surface area contributed by atoms with Crippen LogP contribution in [0.3, 0.4) is 0 Å². The summed E-state index contributed by atoms with van der Waals surface area (Å²) in [4.78, 5) is 12.4. The Morgan fingerprint density at radius 3 is 2.20 bits per heavy atom. The van der Waals surface area contributed by atoms with E-state index >= 15 is 0 Å². The summed E-state index contributed by atoms with van der Waals surface area (Å²) in [6, 6.07) is 6.14. The van der Waals surface area contributed by atoms with E-state index < -0.39 is 17.4 Å². The van der Waals surface area contributed by atoms with Crippen molar-refractivity contribution in [3.8, 4) is 5.75 Å². The first-order valence-electron chi connectivity index (χ1n) is 6.09. The van der Waals surface area contributed by atoms with Gasteiger partial charge in [0.15, 0.2) is 5.78 Å². The standard InChI is InChI=1S/C16H14F2O2/c1-9-4-5-14(16(20-3)10(9)2)15(19)11-6-12(17)8-13(18)7-11/h4-8H,1-3H3. The Kier molecular flexibility index (Phi) is 3.84. The molecule has 0 unspecified atom stereocenters. The molecule has 0 saturated carbocycles. The predicted molar refractivity (Wildman–Crippen MR) is 72.3 cm³/mol. The number of carbonyl (C=O) groups is 1. The van der Waals surface area contributed by atoms with E-state index in [2.05, 4.69) is 0 Å². The van der Waals surface area contributed by atoms with Gasteiger partial charge in [-0.2, -0.15) is 0 Å². The zero-order valence-corrected chi connectivity index (χ0v) is 11.5. The summed E-state index contributed by atoms with van der Waals surface area (Å²) in [7, 11) is 1.46. The molecule has 0 aromatic heterocycles. The molecule has 0 radical (unpaired) electrons. The second kappa shape index (κ2) is 5.41. The molecule has 2 nitrogen and oxygen atoms in total. The van der Waals surface area contributed by atoms with Gasteiger partial charge in [0, 0.05) is 11.6 Å². The highest BCUT2D eigenvalue weighted by molar-refractivity contribution is 6.11. The van der Waals surface area contributed by atoms with Crippen molar-refractivity contribution < 1.29 is 18.3 Å².